The highest BCUT2D eigenvalue weighted by molar-refractivity contribution is 6.32. The number of hydrogen-bond acceptors (Lipinski definition) is 3. The number of rotatable bonds is 3. The first kappa shape index (κ1) is 11.8. The van der Waals surface area contributed by atoms with Gasteiger partial charge in [-0.25, -0.2) is 0 Å². The van der Waals surface area contributed by atoms with Gasteiger partial charge in [0, 0.05) is 0 Å². The third-order valence-electron chi connectivity index (χ3n) is 2.13. The molecule has 0 aromatic heterocycles. The Labute approximate surface area is 94.8 Å². The molecule has 0 bridgehead atoms. The van der Waals surface area contributed by atoms with Crippen LogP contribution in [0.2, 0.25) is 5.02 Å². The molecule has 0 saturated heterocycles. The normalized spacial score (nSPS) is 12.3. The van der Waals surface area contributed by atoms with E-state index in [2.05, 4.69) is 6.07 Å². The molecule has 15 heavy (non-hydrogen) atoms. The van der Waals surface area contributed by atoms with Crippen LogP contribution in [-0.4, -0.2) is 26.1 Å². The Morgan fingerprint density at radius 3 is 2.53 bits per heavy atom. The van der Waals surface area contributed by atoms with E-state index in [0.717, 1.165) is 5.56 Å². The zero-order valence-electron chi connectivity index (χ0n) is 8.99. The molecular weight excluding hydrogens is 212 g/mol. The standard InChI is InChI=1S/C11H13ClN2O/c1-14(2)10(7-13)8-4-5-11(15-3)9(12)6-8/h4-6,10H,1-3H3. The van der Waals surface area contributed by atoms with Crippen molar-refractivity contribution in [3.8, 4) is 11.8 Å². The van der Waals surface area contributed by atoms with Gasteiger partial charge >= 0.3 is 0 Å². The van der Waals surface area contributed by atoms with Crippen LogP contribution in [0.5, 0.6) is 5.75 Å². The number of ether oxygens (including phenoxy) is 1. The third-order valence-corrected chi connectivity index (χ3v) is 2.43. The van der Waals surface area contributed by atoms with Crippen LogP contribution in [0.1, 0.15) is 11.6 Å². The minimum Gasteiger partial charge on any atom is -0.495 e. The zero-order valence-corrected chi connectivity index (χ0v) is 9.75. The molecule has 1 unspecified atom stereocenters. The fraction of sp³-hybridized carbons (Fsp3) is 0.364. The molecule has 0 aliphatic carbocycles. The van der Waals surface area contributed by atoms with E-state index in [1.165, 1.54) is 0 Å². The molecule has 80 valence electrons. The fourth-order valence-corrected chi connectivity index (χ4v) is 1.61. The second kappa shape index (κ2) is 5.01. The van der Waals surface area contributed by atoms with Gasteiger partial charge in [0.1, 0.15) is 11.8 Å². The van der Waals surface area contributed by atoms with Gasteiger partial charge in [-0.2, -0.15) is 5.26 Å². The summed E-state index contributed by atoms with van der Waals surface area (Å²) >= 11 is 5.98. The lowest BCUT2D eigenvalue weighted by Crippen LogP contribution is -2.18. The van der Waals surface area contributed by atoms with Crippen LogP contribution in [-0.2, 0) is 0 Å². The second-order valence-electron chi connectivity index (χ2n) is 3.39. The van der Waals surface area contributed by atoms with Crippen molar-refractivity contribution in [1.29, 1.82) is 5.26 Å². The predicted molar refractivity (Wildman–Crippen MR) is 60.0 cm³/mol. The van der Waals surface area contributed by atoms with Crippen molar-refractivity contribution in [2.24, 2.45) is 0 Å². The van der Waals surface area contributed by atoms with E-state index in [9.17, 15) is 0 Å². The van der Waals surface area contributed by atoms with Crippen LogP contribution in [0.15, 0.2) is 18.2 Å². The Morgan fingerprint density at radius 2 is 2.13 bits per heavy atom. The molecule has 1 rings (SSSR count). The summed E-state index contributed by atoms with van der Waals surface area (Å²) in [5.74, 6) is 0.621. The number of nitriles is 1. The topological polar surface area (TPSA) is 36.3 Å². The number of benzene rings is 1. The summed E-state index contributed by atoms with van der Waals surface area (Å²) in [4.78, 5) is 1.83. The van der Waals surface area contributed by atoms with Crippen molar-refractivity contribution in [1.82, 2.24) is 4.90 Å². The first-order valence-electron chi connectivity index (χ1n) is 4.49. The molecule has 0 aliphatic heterocycles. The summed E-state index contributed by atoms with van der Waals surface area (Å²) in [6, 6.07) is 7.30. The number of hydrogen-bond donors (Lipinski definition) is 0. The fourth-order valence-electron chi connectivity index (χ4n) is 1.34. The number of methoxy groups -OCH3 is 1. The van der Waals surface area contributed by atoms with Crippen LogP contribution < -0.4 is 4.74 Å². The number of halogens is 1. The van der Waals surface area contributed by atoms with Crippen LogP contribution >= 0.6 is 11.6 Å². The van der Waals surface area contributed by atoms with Crippen LogP contribution in [0, 0.1) is 11.3 Å². The molecule has 0 radical (unpaired) electrons. The Kier molecular flexibility index (Phi) is 3.96. The molecule has 0 saturated carbocycles. The highest BCUT2D eigenvalue weighted by atomic mass is 35.5. The van der Waals surface area contributed by atoms with Crippen molar-refractivity contribution >= 4 is 11.6 Å². The maximum atomic E-state index is 9.00. The van der Waals surface area contributed by atoms with Gasteiger partial charge in [0.05, 0.1) is 18.2 Å². The molecule has 3 nitrogen and oxygen atoms in total. The van der Waals surface area contributed by atoms with Crippen LogP contribution in [0.4, 0.5) is 0 Å². The summed E-state index contributed by atoms with van der Waals surface area (Å²) in [6.45, 7) is 0. The van der Waals surface area contributed by atoms with Crippen molar-refractivity contribution in [3.63, 3.8) is 0 Å². The molecule has 1 aromatic rings. The minimum absolute atomic E-state index is 0.284. The third kappa shape index (κ3) is 2.62. The molecule has 0 aliphatic rings. The Hall–Kier alpha value is -1.24. The molecule has 0 fully saturated rings. The van der Waals surface area contributed by atoms with E-state index < -0.39 is 0 Å². The lowest BCUT2D eigenvalue weighted by Gasteiger charge is -2.18. The van der Waals surface area contributed by atoms with Gasteiger partial charge in [-0.3, -0.25) is 4.90 Å². The van der Waals surface area contributed by atoms with Crippen molar-refractivity contribution in [2.75, 3.05) is 21.2 Å². The molecule has 0 amide bonds. The number of nitrogens with zero attached hydrogens (tertiary/aromatic N) is 2. The molecule has 0 N–H and O–H groups in total. The molecule has 1 atom stereocenters. The average molecular weight is 225 g/mol. The SMILES string of the molecule is COc1ccc(C(C#N)N(C)C)cc1Cl. The molecule has 1 aromatic carbocycles. The quantitative estimate of drug-likeness (QED) is 0.792. The highest BCUT2D eigenvalue weighted by Gasteiger charge is 2.14. The Bertz CT molecular complexity index is 385. The first-order chi connectivity index (χ1) is 7.10. The second-order valence-corrected chi connectivity index (χ2v) is 3.80. The predicted octanol–water partition coefficient (Wildman–Crippen LogP) is 2.47. The molecule has 0 heterocycles. The first-order valence-corrected chi connectivity index (χ1v) is 4.87. The van der Waals surface area contributed by atoms with E-state index in [0.29, 0.717) is 10.8 Å². The summed E-state index contributed by atoms with van der Waals surface area (Å²) in [7, 11) is 5.27. The zero-order chi connectivity index (χ0) is 11.4. The minimum atomic E-state index is -0.284. The summed E-state index contributed by atoms with van der Waals surface area (Å²) < 4.78 is 5.05. The van der Waals surface area contributed by atoms with Gasteiger partial charge in [0.15, 0.2) is 0 Å². The van der Waals surface area contributed by atoms with Crippen molar-refractivity contribution in [3.05, 3.63) is 28.8 Å². The van der Waals surface area contributed by atoms with Gasteiger partial charge in [-0.1, -0.05) is 17.7 Å². The lowest BCUT2D eigenvalue weighted by atomic mass is 10.1. The lowest BCUT2D eigenvalue weighted by molar-refractivity contribution is 0.357. The van der Waals surface area contributed by atoms with E-state index in [4.69, 9.17) is 21.6 Å². The summed E-state index contributed by atoms with van der Waals surface area (Å²) in [5, 5.41) is 9.53. The van der Waals surface area contributed by atoms with Gasteiger partial charge in [-0.15, -0.1) is 0 Å². The maximum Gasteiger partial charge on any atom is 0.137 e. The average Bonchev–Trinajstić information content (AvgIpc) is 2.18. The maximum absolute atomic E-state index is 9.00. The van der Waals surface area contributed by atoms with Gasteiger partial charge in [0.2, 0.25) is 0 Å². The van der Waals surface area contributed by atoms with Crippen LogP contribution in [0.25, 0.3) is 0 Å². The van der Waals surface area contributed by atoms with Crippen molar-refractivity contribution in [2.45, 2.75) is 6.04 Å². The van der Waals surface area contributed by atoms with E-state index in [1.54, 1.807) is 19.2 Å². The summed E-state index contributed by atoms with van der Waals surface area (Å²) in [6.07, 6.45) is 0. The monoisotopic (exact) mass is 224 g/mol. The van der Waals surface area contributed by atoms with Gasteiger partial charge < -0.3 is 4.74 Å². The largest absolute Gasteiger partial charge is 0.495 e. The van der Waals surface area contributed by atoms with Gasteiger partial charge in [0.25, 0.3) is 0 Å². The van der Waals surface area contributed by atoms with Crippen molar-refractivity contribution < 1.29 is 4.74 Å². The Balaban J connectivity index is 3.07. The highest BCUT2D eigenvalue weighted by Crippen LogP contribution is 2.28. The molecule has 4 heteroatoms. The Morgan fingerprint density at radius 1 is 1.47 bits per heavy atom. The van der Waals surface area contributed by atoms with Gasteiger partial charge in [-0.05, 0) is 31.8 Å². The summed E-state index contributed by atoms with van der Waals surface area (Å²) in [5.41, 5.74) is 0.869. The smallest absolute Gasteiger partial charge is 0.137 e. The van der Waals surface area contributed by atoms with Crippen LogP contribution in [0.3, 0.4) is 0 Å². The van der Waals surface area contributed by atoms with E-state index >= 15 is 0 Å². The van der Waals surface area contributed by atoms with E-state index in [-0.39, 0.29) is 6.04 Å². The molecule has 0 spiro atoms. The molecular formula is C11H13ClN2O. The van der Waals surface area contributed by atoms with E-state index in [1.807, 2.05) is 25.1 Å².